The zero-order chi connectivity index (χ0) is 15.5. The summed E-state index contributed by atoms with van der Waals surface area (Å²) in [7, 11) is 0. The van der Waals surface area contributed by atoms with Gasteiger partial charge in [-0.15, -0.1) is 10.2 Å². The number of aryl methyl sites for hydroxylation is 1. The third kappa shape index (κ3) is 3.91. The number of hydrogen-bond donors (Lipinski definition) is 0. The summed E-state index contributed by atoms with van der Waals surface area (Å²) in [5, 5.41) is 8.93. The van der Waals surface area contributed by atoms with Crippen molar-refractivity contribution in [2.45, 2.75) is 32.4 Å². The molecule has 0 amide bonds. The number of aromatic nitrogens is 2. The van der Waals surface area contributed by atoms with Crippen LogP contribution < -0.4 is 4.74 Å². The molecular formula is C15H17Cl2N3O2. The first-order chi connectivity index (χ1) is 10.6. The van der Waals surface area contributed by atoms with Gasteiger partial charge in [-0.3, -0.25) is 4.90 Å². The van der Waals surface area contributed by atoms with Gasteiger partial charge in [-0.1, -0.05) is 23.2 Å². The van der Waals surface area contributed by atoms with Crippen molar-refractivity contribution in [1.29, 1.82) is 0 Å². The summed E-state index contributed by atoms with van der Waals surface area (Å²) in [6, 6.07) is 5.35. The lowest BCUT2D eigenvalue weighted by Gasteiger charge is -2.32. The molecule has 2 aromatic rings. The van der Waals surface area contributed by atoms with Gasteiger partial charge in [0, 0.05) is 19.5 Å². The summed E-state index contributed by atoms with van der Waals surface area (Å²) in [6.45, 7) is 4.27. The lowest BCUT2D eigenvalue weighted by atomic mass is 10.1. The van der Waals surface area contributed by atoms with Gasteiger partial charge in [-0.05, 0) is 31.5 Å². The van der Waals surface area contributed by atoms with Crippen LogP contribution in [0.25, 0.3) is 0 Å². The minimum atomic E-state index is 0.120. The van der Waals surface area contributed by atoms with Crippen LogP contribution in [0.4, 0.5) is 0 Å². The van der Waals surface area contributed by atoms with E-state index in [0.717, 1.165) is 31.7 Å². The molecule has 3 rings (SSSR count). The normalized spacial score (nSPS) is 19.3. The summed E-state index contributed by atoms with van der Waals surface area (Å²) >= 11 is 11.9. The highest BCUT2D eigenvalue weighted by atomic mass is 35.5. The predicted octanol–water partition coefficient (Wildman–Crippen LogP) is 3.73. The minimum Gasteiger partial charge on any atom is -0.489 e. The number of likely N-dealkylation sites (tertiary alicyclic amines) is 1. The van der Waals surface area contributed by atoms with Gasteiger partial charge in [0.2, 0.25) is 11.8 Å². The van der Waals surface area contributed by atoms with Crippen LogP contribution in [0, 0.1) is 6.92 Å². The summed E-state index contributed by atoms with van der Waals surface area (Å²) in [6.07, 6.45) is 2.20. The molecule has 22 heavy (non-hydrogen) atoms. The van der Waals surface area contributed by atoms with Gasteiger partial charge in [-0.2, -0.15) is 0 Å². The summed E-state index contributed by atoms with van der Waals surface area (Å²) < 4.78 is 11.4. The Balaban J connectivity index is 1.59. The zero-order valence-electron chi connectivity index (χ0n) is 12.3. The van der Waals surface area contributed by atoms with Gasteiger partial charge >= 0.3 is 0 Å². The molecule has 1 fully saturated rings. The van der Waals surface area contributed by atoms with Crippen molar-refractivity contribution in [2.24, 2.45) is 0 Å². The van der Waals surface area contributed by atoms with Crippen LogP contribution in [0.2, 0.25) is 10.0 Å². The Morgan fingerprint density at radius 3 is 2.91 bits per heavy atom. The molecule has 0 saturated carbocycles. The first kappa shape index (κ1) is 15.6. The van der Waals surface area contributed by atoms with Crippen molar-refractivity contribution in [3.8, 4) is 5.75 Å². The standard InChI is InChI=1S/C15H17Cl2N3O2/c1-10-18-19-15(21-10)9-20-6-2-3-12(8-20)22-11-4-5-13(16)14(17)7-11/h4-5,7,12H,2-3,6,8-9H2,1H3. The molecule has 118 valence electrons. The number of rotatable bonds is 4. The quantitative estimate of drug-likeness (QED) is 0.847. The van der Waals surface area contributed by atoms with E-state index in [1.807, 2.05) is 6.07 Å². The fourth-order valence-electron chi connectivity index (χ4n) is 2.59. The van der Waals surface area contributed by atoms with Crippen LogP contribution in [0.1, 0.15) is 24.6 Å². The van der Waals surface area contributed by atoms with Gasteiger partial charge in [0.05, 0.1) is 16.6 Å². The van der Waals surface area contributed by atoms with E-state index < -0.39 is 0 Å². The molecule has 1 aromatic heterocycles. The Bertz CT molecular complexity index is 647. The first-order valence-electron chi connectivity index (χ1n) is 7.23. The number of benzene rings is 1. The minimum absolute atomic E-state index is 0.120. The van der Waals surface area contributed by atoms with E-state index >= 15 is 0 Å². The zero-order valence-corrected chi connectivity index (χ0v) is 13.8. The maximum atomic E-state index is 6.02. The van der Waals surface area contributed by atoms with Gasteiger partial charge < -0.3 is 9.15 Å². The maximum absolute atomic E-state index is 6.02. The van der Waals surface area contributed by atoms with Gasteiger partial charge in [0.15, 0.2) is 0 Å². The first-order valence-corrected chi connectivity index (χ1v) is 7.99. The molecule has 1 atom stereocenters. The van der Waals surface area contributed by atoms with E-state index in [-0.39, 0.29) is 6.10 Å². The third-order valence-corrected chi connectivity index (χ3v) is 4.32. The molecule has 1 aromatic carbocycles. The largest absolute Gasteiger partial charge is 0.489 e. The second kappa shape index (κ2) is 6.86. The van der Waals surface area contributed by atoms with E-state index in [1.165, 1.54) is 0 Å². The summed E-state index contributed by atoms with van der Waals surface area (Å²) in [4.78, 5) is 2.26. The van der Waals surface area contributed by atoms with Crippen LogP contribution in [-0.2, 0) is 6.54 Å². The van der Waals surface area contributed by atoms with Crippen molar-refractivity contribution in [3.05, 3.63) is 40.0 Å². The Kier molecular flexibility index (Phi) is 4.86. The molecule has 0 bridgehead atoms. The summed E-state index contributed by atoms with van der Waals surface area (Å²) in [5.74, 6) is 1.98. The Hall–Kier alpha value is -1.30. The SMILES string of the molecule is Cc1nnc(CN2CCCC(Oc3ccc(Cl)c(Cl)c3)C2)o1. The molecule has 1 aliphatic rings. The molecule has 1 unspecified atom stereocenters. The lowest BCUT2D eigenvalue weighted by molar-refractivity contribution is 0.0789. The Morgan fingerprint density at radius 1 is 1.32 bits per heavy atom. The number of hydrogen-bond acceptors (Lipinski definition) is 5. The van der Waals surface area contributed by atoms with Crippen LogP contribution in [0.15, 0.2) is 22.6 Å². The number of ether oxygens (including phenoxy) is 1. The van der Waals surface area contributed by atoms with Gasteiger partial charge in [-0.25, -0.2) is 0 Å². The summed E-state index contributed by atoms with van der Waals surface area (Å²) in [5.41, 5.74) is 0. The van der Waals surface area contributed by atoms with Crippen molar-refractivity contribution in [1.82, 2.24) is 15.1 Å². The van der Waals surface area contributed by atoms with E-state index in [4.69, 9.17) is 32.4 Å². The highest BCUT2D eigenvalue weighted by Crippen LogP contribution is 2.28. The molecule has 2 heterocycles. The fraction of sp³-hybridized carbons (Fsp3) is 0.467. The van der Waals surface area contributed by atoms with E-state index in [1.54, 1.807) is 19.1 Å². The molecule has 0 aliphatic carbocycles. The van der Waals surface area contributed by atoms with Crippen LogP contribution in [0.5, 0.6) is 5.75 Å². The Morgan fingerprint density at radius 2 is 2.18 bits per heavy atom. The Labute approximate surface area is 139 Å². The predicted molar refractivity (Wildman–Crippen MR) is 84.4 cm³/mol. The monoisotopic (exact) mass is 341 g/mol. The topological polar surface area (TPSA) is 51.4 Å². The number of piperidine rings is 1. The molecule has 0 spiro atoms. The fourth-order valence-corrected chi connectivity index (χ4v) is 2.88. The maximum Gasteiger partial charge on any atom is 0.230 e. The van der Waals surface area contributed by atoms with Crippen molar-refractivity contribution in [2.75, 3.05) is 13.1 Å². The van der Waals surface area contributed by atoms with Crippen LogP contribution >= 0.6 is 23.2 Å². The lowest BCUT2D eigenvalue weighted by Crippen LogP contribution is -2.40. The third-order valence-electron chi connectivity index (χ3n) is 3.58. The number of halogens is 2. The van der Waals surface area contributed by atoms with E-state index in [9.17, 15) is 0 Å². The molecule has 7 heteroatoms. The average molecular weight is 342 g/mol. The highest BCUT2D eigenvalue weighted by Gasteiger charge is 2.23. The van der Waals surface area contributed by atoms with Crippen molar-refractivity contribution in [3.63, 3.8) is 0 Å². The van der Waals surface area contributed by atoms with Gasteiger partial charge in [0.1, 0.15) is 11.9 Å². The number of nitrogens with zero attached hydrogens (tertiary/aromatic N) is 3. The molecular weight excluding hydrogens is 325 g/mol. The van der Waals surface area contributed by atoms with Crippen LogP contribution in [-0.4, -0.2) is 34.3 Å². The molecule has 5 nitrogen and oxygen atoms in total. The molecule has 1 saturated heterocycles. The molecule has 0 N–H and O–H groups in total. The van der Waals surface area contributed by atoms with Crippen molar-refractivity contribution >= 4 is 23.2 Å². The smallest absolute Gasteiger partial charge is 0.230 e. The van der Waals surface area contributed by atoms with Gasteiger partial charge in [0.25, 0.3) is 0 Å². The van der Waals surface area contributed by atoms with Crippen molar-refractivity contribution < 1.29 is 9.15 Å². The average Bonchev–Trinajstić information content (AvgIpc) is 2.89. The van der Waals surface area contributed by atoms with Crippen LogP contribution in [0.3, 0.4) is 0 Å². The highest BCUT2D eigenvalue weighted by molar-refractivity contribution is 6.42. The molecule has 1 aliphatic heterocycles. The second-order valence-electron chi connectivity index (χ2n) is 5.41. The van der Waals surface area contributed by atoms with E-state index in [0.29, 0.717) is 28.4 Å². The van der Waals surface area contributed by atoms with E-state index in [2.05, 4.69) is 15.1 Å². The second-order valence-corrected chi connectivity index (χ2v) is 6.22. The molecule has 0 radical (unpaired) electrons.